The number of hydrogen-bond acceptors (Lipinski definition) is 4. The maximum Gasteiger partial charge on any atom is 0.259 e. The van der Waals surface area contributed by atoms with E-state index in [0.717, 1.165) is 5.56 Å². The predicted molar refractivity (Wildman–Crippen MR) is 120 cm³/mol. The molecule has 0 atom stereocenters. The molecule has 156 valence electrons. The molecular formula is C22H21ClN2O4S. The summed E-state index contributed by atoms with van der Waals surface area (Å²) in [5.74, 6) is 0.110. The Balaban J connectivity index is 1.67. The summed E-state index contributed by atoms with van der Waals surface area (Å²) in [7, 11) is -3.35. The number of para-hydroxylation sites is 1. The summed E-state index contributed by atoms with van der Waals surface area (Å²) < 4.78 is 31.6. The minimum Gasteiger partial charge on any atom is -0.488 e. The highest BCUT2D eigenvalue weighted by Gasteiger charge is 2.13. The highest BCUT2D eigenvalue weighted by atomic mass is 35.5. The van der Waals surface area contributed by atoms with E-state index in [0.29, 0.717) is 34.3 Å². The first kappa shape index (κ1) is 21.7. The van der Waals surface area contributed by atoms with Crippen molar-refractivity contribution in [2.45, 2.75) is 13.5 Å². The van der Waals surface area contributed by atoms with Crippen LogP contribution in [0.4, 0.5) is 11.4 Å². The smallest absolute Gasteiger partial charge is 0.259 e. The molecule has 3 aromatic rings. The van der Waals surface area contributed by atoms with Crippen LogP contribution >= 0.6 is 11.6 Å². The fourth-order valence-corrected chi connectivity index (χ4v) is 3.36. The molecule has 1 amide bonds. The minimum atomic E-state index is -3.35. The van der Waals surface area contributed by atoms with Gasteiger partial charge < -0.3 is 10.1 Å². The van der Waals surface area contributed by atoms with Crippen LogP contribution in [0.3, 0.4) is 0 Å². The minimum absolute atomic E-state index is 0.0156. The van der Waals surface area contributed by atoms with Crippen LogP contribution in [-0.4, -0.2) is 20.1 Å². The number of anilines is 2. The van der Waals surface area contributed by atoms with Gasteiger partial charge >= 0.3 is 0 Å². The molecule has 8 heteroatoms. The second-order valence-corrected chi connectivity index (χ2v) is 8.90. The lowest BCUT2D eigenvalue weighted by molar-refractivity contribution is 0.102. The van der Waals surface area contributed by atoms with Gasteiger partial charge in [0.2, 0.25) is 10.0 Å². The van der Waals surface area contributed by atoms with Gasteiger partial charge in [0.05, 0.1) is 11.3 Å². The van der Waals surface area contributed by atoms with Crippen LogP contribution in [0.2, 0.25) is 5.02 Å². The second kappa shape index (κ2) is 9.65. The Morgan fingerprint density at radius 1 is 0.933 bits per heavy atom. The van der Waals surface area contributed by atoms with E-state index >= 15 is 0 Å². The number of hydrogen-bond donors (Lipinski definition) is 2. The summed E-state index contributed by atoms with van der Waals surface area (Å²) in [6.45, 7) is 1.86. The van der Waals surface area contributed by atoms with Crippen LogP contribution in [0.1, 0.15) is 22.8 Å². The normalized spacial score (nSPS) is 11.0. The van der Waals surface area contributed by atoms with Crippen molar-refractivity contribution in [1.29, 1.82) is 0 Å². The number of amides is 1. The van der Waals surface area contributed by atoms with Crippen molar-refractivity contribution in [3.63, 3.8) is 0 Å². The van der Waals surface area contributed by atoms with Crippen LogP contribution in [-0.2, 0) is 16.6 Å². The summed E-state index contributed by atoms with van der Waals surface area (Å²) in [5, 5.41) is 3.44. The molecule has 0 spiro atoms. The van der Waals surface area contributed by atoms with Gasteiger partial charge in [-0.2, -0.15) is 0 Å². The summed E-state index contributed by atoms with van der Waals surface area (Å²) in [6.07, 6.45) is 0. The topological polar surface area (TPSA) is 84.5 Å². The molecule has 0 saturated heterocycles. The Morgan fingerprint density at radius 3 is 2.23 bits per heavy atom. The van der Waals surface area contributed by atoms with Gasteiger partial charge in [-0.3, -0.25) is 9.52 Å². The van der Waals surface area contributed by atoms with Crippen LogP contribution in [0, 0.1) is 0 Å². The molecule has 0 aromatic heterocycles. The van der Waals surface area contributed by atoms with E-state index in [1.54, 1.807) is 67.6 Å². The second-order valence-electron chi connectivity index (χ2n) is 6.45. The lowest BCUT2D eigenvalue weighted by Crippen LogP contribution is -2.15. The zero-order valence-corrected chi connectivity index (χ0v) is 17.8. The number of nitrogens with one attached hydrogen (secondary N) is 2. The molecule has 0 bridgehead atoms. The van der Waals surface area contributed by atoms with E-state index in [9.17, 15) is 13.2 Å². The predicted octanol–water partition coefficient (Wildman–Crippen LogP) is 4.93. The molecular weight excluding hydrogens is 424 g/mol. The number of carbonyl (C=O) groups is 1. The van der Waals surface area contributed by atoms with Gasteiger partial charge in [0.25, 0.3) is 5.91 Å². The van der Waals surface area contributed by atoms with E-state index in [4.69, 9.17) is 16.3 Å². The third-order valence-electron chi connectivity index (χ3n) is 4.24. The van der Waals surface area contributed by atoms with Crippen molar-refractivity contribution < 1.29 is 17.9 Å². The van der Waals surface area contributed by atoms with E-state index in [1.807, 2.05) is 12.1 Å². The maximum atomic E-state index is 12.7. The third-order valence-corrected chi connectivity index (χ3v) is 5.79. The van der Waals surface area contributed by atoms with E-state index in [2.05, 4.69) is 10.0 Å². The van der Waals surface area contributed by atoms with Crippen molar-refractivity contribution in [3.05, 3.63) is 88.9 Å². The molecule has 0 aliphatic rings. The zero-order chi connectivity index (χ0) is 21.6. The Labute approximate surface area is 180 Å². The first-order chi connectivity index (χ1) is 14.4. The van der Waals surface area contributed by atoms with Gasteiger partial charge in [-0.15, -0.1) is 0 Å². The summed E-state index contributed by atoms with van der Waals surface area (Å²) in [5.41, 5.74) is 2.29. The number of ether oxygens (including phenoxy) is 1. The molecule has 2 N–H and O–H groups in total. The van der Waals surface area contributed by atoms with Gasteiger partial charge in [-0.1, -0.05) is 35.9 Å². The van der Waals surface area contributed by atoms with Crippen LogP contribution in [0.5, 0.6) is 5.75 Å². The lowest BCUT2D eigenvalue weighted by Gasteiger charge is -2.12. The summed E-state index contributed by atoms with van der Waals surface area (Å²) in [4.78, 5) is 12.7. The number of benzene rings is 3. The molecule has 0 aliphatic heterocycles. The Hall–Kier alpha value is -3.03. The Morgan fingerprint density at radius 2 is 1.57 bits per heavy atom. The quantitative estimate of drug-likeness (QED) is 0.515. The van der Waals surface area contributed by atoms with E-state index < -0.39 is 10.0 Å². The van der Waals surface area contributed by atoms with Gasteiger partial charge in [0, 0.05) is 16.4 Å². The molecule has 0 fully saturated rings. The van der Waals surface area contributed by atoms with Crippen molar-refractivity contribution in [3.8, 4) is 5.75 Å². The van der Waals surface area contributed by atoms with Gasteiger partial charge in [-0.25, -0.2) is 8.42 Å². The van der Waals surface area contributed by atoms with Crippen molar-refractivity contribution in [2.75, 3.05) is 15.8 Å². The van der Waals surface area contributed by atoms with Crippen molar-refractivity contribution in [1.82, 2.24) is 0 Å². The van der Waals surface area contributed by atoms with Crippen LogP contribution in [0.25, 0.3) is 0 Å². The zero-order valence-electron chi connectivity index (χ0n) is 16.3. The molecule has 0 saturated carbocycles. The highest BCUT2D eigenvalue weighted by Crippen LogP contribution is 2.22. The number of rotatable bonds is 8. The Bertz CT molecular complexity index is 1110. The molecule has 3 rings (SSSR count). The van der Waals surface area contributed by atoms with Gasteiger partial charge in [0.15, 0.2) is 0 Å². The molecule has 3 aromatic carbocycles. The fraction of sp³-hybridized carbons (Fsp3) is 0.136. The average Bonchev–Trinajstić information content (AvgIpc) is 2.75. The molecule has 0 aliphatic carbocycles. The summed E-state index contributed by atoms with van der Waals surface area (Å²) in [6, 6.07) is 20.7. The van der Waals surface area contributed by atoms with E-state index in [-0.39, 0.29) is 11.7 Å². The largest absolute Gasteiger partial charge is 0.488 e. The Kier molecular flexibility index (Phi) is 6.97. The molecule has 0 heterocycles. The van der Waals surface area contributed by atoms with E-state index in [1.165, 1.54) is 0 Å². The van der Waals surface area contributed by atoms with Gasteiger partial charge in [0.1, 0.15) is 12.4 Å². The maximum absolute atomic E-state index is 12.7. The van der Waals surface area contributed by atoms with Gasteiger partial charge in [-0.05, 0) is 61.0 Å². The third kappa shape index (κ3) is 5.98. The molecule has 0 radical (unpaired) electrons. The molecule has 0 unspecified atom stereocenters. The first-order valence-electron chi connectivity index (χ1n) is 9.24. The standard InChI is InChI=1S/C22H21ClN2O4S/c1-2-30(27,28)25-19-13-11-18(12-14-19)24-22(26)20-5-3-4-6-21(20)29-15-16-7-9-17(23)10-8-16/h3-14,25H,2,15H2,1H3,(H,24,26). The summed E-state index contributed by atoms with van der Waals surface area (Å²) >= 11 is 5.89. The number of halogens is 1. The lowest BCUT2D eigenvalue weighted by atomic mass is 10.1. The van der Waals surface area contributed by atoms with Crippen LogP contribution in [0.15, 0.2) is 72.8 Å². The van der Waals surface area contributed by atoms with Crippen molar-refractivity contribution in [2.24, 2.45) is 0 Å². The molecule has 6 nitrogen and oxygen atoms in total. The number of sulfonamides is 1. The highest BCUT2D eigenvalue weighted by molar-refractivity contribution is 7.92. The monoisotopic (exact) mass is 444 g/mol. The van der Waals surface area contributed by atoms with Crippen LogP contribution < -0.4 is 14.8 Å². The number of carbonyl (C=O) groups excluding carboxylic acids is 1. The first-order valence-corrected chi connectivity index (χ1v) is 11.3. The SMILES string of the molecule is CCS(=O)(=O)Nc1ccc(NC(=O)c2ccccc2OCc2ccc(Cl)cc2)cc1. The van der Waals surface area contributed by atoms with Crippen molar-refractivity contribution >= 4 is 38.9 Å². The fourth-order valence-electron chi connectivity index (χ4n) is 2.59. The average molecular weight is 445 g/mol. The molecule has 30 heavy (non-hydrogen) atoms.